The Kier molecular flexibility index (Phi) is 6.46. The van der Waals surface area contributed by atoms with Gasteiger partial charge in [-0.05, 0) is 37.2 Å². The first-order valence-electron chi connectivity index (χ1n) is 10.8. The number of carbonyl (C=O) groups excluding carboxylic acids is 1. The van der Waals surface area contributed by atoms with Crippen LogP contribution in [-0.4, -0.2) is 46.7 Å². The Morgan fingerprint density at radius 2 is 1.84 bits per heavy atom. The lowest BCUT2D eigenvalue weighted by Crippen LogP contribution is -2.52. The van der Waals surface area contributed by atoms with Gasteiger partial charge in [-0.15, -0.1) is 0 Å². The molecule has 0 aliphatic carbocycles. The van der Waals surface area contributed by atoms with Crippen molar-refractivity contribution in [3.8, 4) is 0 Å². The maximum absolute atomic E-state index is 13.6. The summed E-state index contributed by atoms with van der Waals surface area (Å²) in [5.74, 6) is 0.351. The molecule has 0 N–H and O–H groups in total. The summed E-state index contributed by atoms with van der Waals surface area (Å²) in [6.45, 7) is 2.81. The minimum Gasteiger partial charge on any atom is -0.381 e. The van der Waals surface area contributed by atoms with E-state index in [2.05, 4.69) is 4.98 Å². The highest BCUT2D eigenvalue weighted by molar-refractivity contribution is 5.88. The highest BCUT2D eigenvalue weighted by Crippen LogP contribution is 2.37. The number of carbonyl (C=O) groups is 1. The highest BCUT2D eigenvalue weighted by atomic mass is 19.3. The average Bonchev–Trinajstić information content (AvgIpc) is 2.81. The van der Waals surface area contributed by atoms with Crippen LogP contribution < -0.4 is 5.56 Å². The molecule has 2 aromatic rings. The Bertz CT molecular complexity index is 950. The molecule has 1 aromatic carbocycles. The Morgan fingerprint density at radius 1 is 1.16 bits per heavy atom. The molecule has 1 aromatic heterocycles. The van der Waals surface area contributed by atoms with Crippen LogP contribution in [0.25, 0.3) is 0 Å². The number of ether oxygens (including phenoxy) is 1. The van der Waals surface area contributed by atoms with E-state index < -0.39 is 23.1 Å². The van der Waals surface area contributed by atoms with Crippen LogP contribution in [0, 0.1) is 5.92 Å². The van der Waals surface area contributed by atoms with E-state index in [0.717, 1.165) is 24.5 Å². The molecular weight excluding hydrogens is 404 g/mol. The normalized spacial score (nSPS) is 19.5. The lowest BCUT2D eigenvalue weighted by Gasteiger charge is -2.42. The zero-order valence-corrected chi connectivity index (χ0v) is 17.4. The molecule has 0 radical (unpaired) electrons. The van der Waals surface area contributed by atoms with E-state index in [-0.39, 0.29) is 11.8 Å². The number of likely N-dealkylation sites (tertiary alicyclic amines) is 1. The molecule has 31 heavy (non-hydrogen) atoms. The molecular formula is C23H27F2N3O3. The summed E-state index contributed by atoms with van der Waals surface area (Å²) < 4.78 is 32.3. The maximum atomic E-state index is 13.6. The zero-order valence-electron chi connectivity index (χ0n) is 17.4. The molecule has 8 heteroatoms. The van der Waals surface area contributed by atoms with Gasteiger partial charge < -0.3 is 9.64 Å². The van der Waals surface area contributed by atoms with Crippen LogP contribution in [0.4, 0.5) is 8.78 Å². The van der Waals surface area contributed by atoms with Crippen molar-refractivity contribution in [1.29, 1.82) is 0 Å². The van der Waals surface area contributed by atoms with Crippen molar-refractivity contribution in [1.82, 2.24) is 14.5 Å². The molecule has 2 saturated heterocycles. The van der Waals surface area contributed by atoms with Crippen molar-refractivity contribution in [2.75, 3.05) is 26.3 Å². The van der Waals surface area contributed by atoms with Crippen molar-refractivity contribution in [3.63, 3.8) is 0 Å². The van der Waals surface area contributed by atoms with Gasteiger partial charge >= 0.3 is 0 Å². The fraction of sp³-hybridized carbons (Fsp3) is 0.522. The first-order chi connectivity index (χ1) is 15.0. The number of aromatic nitrogens is 2. The van der Waals surface area contributed by atoms with Crippen molar-refractivity contribution < 1.29 is 18.3 Å². The standard InChI is InChI=1S/C23H27F2N3O3/c24-21(25)19-14-20(29)28(16-26-19)15-17-6-10-27(11-7-17)22(30)23(8-12-31-13-9-23)18-4-2-1-3-5-18/h1-5,14,16-17,21H,6-13,15H2. The van der Waals surface area contributed by atoms with Crippen molar-refractivity contribution in [3.05, 3.63) is 64.3 Å². The fourth-order valence-corrected chi connectivity index (χ4v) is 4.70. The van der Waals surface area contributed by atoms with Crippen molar-refractivity contribution >= 4 is 5.91 Å². The van der Waals surface area contributed by atoms with Gasteiger partial charge in [0.1, 0.15) is 5.69 Å². The van der Waals surface area contributed by atoms with Gasteiger partial charge in [-0.1, -0.05) is 30.3 Å². The lowest BCUT2D eigenvalue weighted by molar-refractivity contribution is -0.142. The topological polar surface area (TPSA) is 64.4 Å². The zero-order chi connectivity index (χ0) is 21.8. The number of nitrogens with zero attached hydrogens (tertiary/aromatic N) is 3. The summed E-state index contributed by atoms with van der Waals surface area (Å²) in [7, 11) is 0. The average molecular weight is 431 g/mol. The van der Waals surface area contributed by atoms with E-state index in [1.807, 2.05) is 35.2 Å². The van der Waals surface area contributed by atoms with Crippen LogP contribution >= 0.6 is 0 Å². The molecule has 0 atom stereocenters. The minimum absolute atomic E-state index is 0.153. The van der Waals surface area contributed by atoms with Gasteiger partial charge in [-0.25, -0.2) is 13.8 Å². The predicted molar refractivity (Wildman–Crippen MR) is 111 cm³/mol. The molecule has 2 aliphatic heterocycles. The minimum atomic E-state index is -2.75. The van der Waals surface area contributed by atoms with Crippen LogP contribution in [0.3, 0.4) is 0 Å². The number of rotatable bonds is 5. The second-order valence-corrected chi connectivity index (χ2v) is 8.40. The van der Waals surface area contributed by atoms with E-state index in [9.17, 15) is 18.4 Å². The second-order valence-electron chi connectivity index (χ2n) is 8.40. The Labute approximate surface area is 179 Å². The Morgan fingerprint density at radius 3 is 2.45 bits per heavy atom. The quantitative estimate of drug-likeness (QED) is 0.730. The van der Waals surface area contributed by atoms with E-state index >= 15 is 0 Å². The van der Waals surface area contributed by atoms with Gasteiger partial charge in [0.15, 0.2) is 0 Å². The van der Waals surface area contributed by atoms with Gasteiger partial charge in [0.05, 0.1) is 11.7 Å². The summed E-state index contributed by atoms with van der Waals surface area (Å²) in [6, 6.07) is 10.8. The summed E-state index contributed by atoms with van der Waals surface area (Å²) in [5.41, 5.74) is -0.460. The van der Waals surface area contributed by atoms with Crippen LogP contribution in [0.1, 0.15) is 43.4 Å². The number of amides is 1. The third-order valence-corrected chi connectivity index (χ3v) is 6.56. The molecule has 0 saturated carbocycles. The second kappa shape index (κ2) is 9.26. The van der Waals surface area contributed by atoms with Crippen LogP contribution in [0.2, 0.25) is 0 Å². The van der Waals surface area contributed by atoms with Crippen LogP contribution in [0.15, 0.2) is 47.5 Å². The number of halogens is 2. The van der Waals surface area contributed by atoms with Gasteiger partial charge in [-0.3, -0.25) is 14.2 Å². The monoisotopic (exact) mass is 431 g/mol. The summed E-state index contributed by atoms with van der Waals surface area (Å²) in [6.07, 6.45) is 1.32. The third kappa shape index (κ3) is 4.54. The van der Waals surface area contributed by atoms with Gasteiger partial charge in [0.2, 0.25) is 5.91 Å². The summed E-state index contributed by atoms with van der Waals surface area (Å²) in [4.78, 5) is 31.4. The van der Waals surface area contributed by atoms with Gasteiger partial charge in [0.25, 0.3) is 12.0 Å². The summed E-state index contributed by atoms with van der Waals surface area (Å²) >= 11 is 0. The first-order valence-corrected chi connectivity index (χ1v) is 10.8. The van der Waals surface area contributed by atoms with E-state index in [0.29, 0.717) is 45.7 Å². The predicted octanol–water partition coefficient (Wildman–Crippen LogP) is 3.17. The number of alkyl halides is 2. The molecule has 3 heterocycles. The van der Waals surface area contributed by atoms with Crippen LogP contribution in [-0.2, 0) is 21.5 Å². The lowest BCUT2D eigenvalue weighted by atomic mass is 9.72. The molecule has 4 rings (SSSR count). The smallest absolute Gasteiger partial charge is 0.280 e. The Hall–Kier alpha value is -2.61. The van der Waals surface area contributed by atoms with E-state index in [4.69, 9.17) is 4.74 Å². The van der Waals surface area contributed by atoms with Crippen molar-refractivity contribution in [2.24, 2.45) is 5.92 Å². The molecule has 0 bridgehead atoms. The molecule has 0 spiro atoms. The van der Waals surface area contributed by atoms with E-state index in [1.54, 1.807) is 0 Å². The molecule has 166 valence electrons. The fourth-order valence-electron chi connectivity index (χ4n) is 4.70. The summed E-state index contributed by atoms with van der Waals surface area (Å²) in [5, 5.41) is 0. The molecule has 6 nitrogen and oxygen atoms in total. The Balaban J connectivity index is 1.42. The number of hydrogen-bond acceptors (Lipinski definition) is 4. The number of piperidine rings is 1. The van der Waals surface area contributed by atoms with E-state index in [1.165, 1.54) is 10.9 Å². The number of hydrogen-bond donors (Lipinski definition) is 0. The van der Waals surface area contributed by atoms with Crippen molar-refractivity contribution in [2.45, 2.75) is 44.1 Å². The maximum Gasteiger partial charge on any atom is 0.280 e. The molecule has 2 aliphatic rings. The molecule has 0 unspecified atom stereocenters. The molecule has 1 amide bonds. The van der Waals surface area contributed by atoms with Gasteiger partial charge in [-0.2, -0.15) is 0 Å². The van der Waals surface area contributed by atoms with Crippen LogP contribution in [0.5, 0.6) is 0 Å². The van der Waals surface area contributed by atoms with Gasteiger partial charge in [0, 0.05) is 38.9 Å². The molecule has 2 fully saturated rings. The highest BCUT2D eigenvalue weighted by Gasteiger charge is 2.44. The number of benzene rings is 1. The first kappa shape index (κ1) is 21.6. The SMILES string of the molecule is O=C(N1CCC(Cn2cnc(C(F)F)cc2=O)CC1)C1(c2ccccc2)CCOCC1. The third-order valence-electron chi connectivity index (χ3n) is 6.56. The largest absolute Gasteiger partial charge is 0.381 e.